The second-order valence-electron chi connectivity index (χ2n) is 7.65. The van der Waals surface area contributed by atoms with Gasteiger partial charge >= 0.3 is 5.97 Å². The molecule has 0 N–H and O–H groups in total. The van der Waals surface area contributed by atoms with E-state index in [0.29, 0.717) is 11.1 Å². The van der Waals surface area contributed by atoms with Gasteiger partial charge < -0.3 is 4.74 Å². The SMILES string of the molecule is CCOC(=O)[C@H]1C=C(c2ccccc2)N(S(=O)(=O)c2ccccc2)C(=O)[C@@H]1c1ccc(F)cc1. The molecule has 1 heterocycles. The van der Waals surface area contributed by atoms with Gasteiger partial charge in [-0.15, -0.1) is 0 Å². The van der Waals surface area contributed by atoms with Crippen molar-refractivity contribution in [2.45, 2.75) is 17.7 Å². The molecule has 0 fully saturated rings. The number of carbonyl (C=O) groups is 2. The highest BCUT2D eigenvalue weighted by Gasteiger charge is 2.47. The van der Waals surface area contributed by atoms with Crippen LogP contribution in [0.3, 0.4) is 0 Å². The molecule has 0 bridgehead atoms. The normalized spacial score (nSPS) is 18.4. The molecule has 8 heteroatoms. The minimum absolute atomic E-state index is 0.0610. The standard InChI is InChI=1S/C26H22FNO5S/c1-2-33-26(30)22-17-23(18-9-5-3-6-10-18)28(34(31,32)21-11-7-4-8-12-21)25(29)24(22)19-13-15-20(27)16-14-19/h3-17,22,24H,2H2,1H3/t22-,24+/m0/s1. The minimum Gasteiger partial charge on any atom is -0.466 e. The molecular weight excluding hydrogens is 457 g/mol. The number of sulfonamides is 1. The van der Waals surface area contributed by atoms with Gasteiger partial charge in [0.25, 0.3) is 10.0 Å². The van der Waals surface area contributed by atoms with E-state index in [9.17, 15) is 22.4 Å². The van der Waals surface area contributed by atoms with Crippen LogP contribution in [0.5, 0.6) is 0 Å². The van der Waals surface area contributed by atoms with E-state index in [1.54, 1.807) is 55.5 Å². The quantitative estimate of drug-likeness (QED) is 0.491. The molecule has 0 radical (unpaired) electrons. The molecule has 0 aromatic heterocycles. The molecule has 0 aliphatic carbocycles. The van der Waals surface area contributed by atoms with Crippen LogP contribution in [0, 0.1) is 11.7 Å². The Morgan fingerprint density at radius 1 is 0.941 bits per heavy atom. The molecule has 0 unspecified atom stereocenters. The zero-order chi connectivity index (χ0) is 24.3. The van der Waals surface area contributed by atoms with Gasteiger partial charge in [-0.3, -0.25) is 9.59 Å². The number of rotatable bonds is 6. The molecule has 1 aliphatic rings. The van der Waals surface area contributed by atoms with E-state index in [4.69, 9.17) is 4.74 Å². The lowest BCUT2D eigenvalue weighted by molar-refractivity contribution is -0.149. The molecule has 2 atom stereocenters. The van der Waals surface area contributed by atoms with Crippen molar-refractivity contribution in [3.8, 4) is 0 Å². The van der Waals surface area contributed by atoms with Gasteiger partial charge in [0.15, 0.2) is 0 Å². The van der Waals surface area contributed by atoms with Crippen LogP contribution < -0.4 is 0 Å². The summed E-state index contributed by atoms with van der Waals surface area (Å²) < 4.78 is 47.0. The minimum atomic E-state index is -4.33. The summed E-state index contributed by atoms with van der Waals surface area (Å²) in [5, 5.41) is 0. The first-order valence-electron chi connectivity index (χ1n) is 10.7. The Morgan fingerprint density at radius 3 is 2.12 bits per heavy atom. The van der Waals surface area contributed by atoms with Crippen LogP contribution in [0.4, 0.5) is 4.39 Å². The van der Waals surface area contributed by atoms with Gasteiger partial charge in [0.1, 0.15) is 5.82 Å². The molecule has 174 valence electrons. The second kappa shape index (κ2) is 9.61. The zero-order valence-electron chi connectivity index (χ0n) is 18.3. The maximum absolute atomic E-state index is 13.9. The molecule has 6 nitrogen and oxygen atoms in total. The van der Waals surface area contributed by atoms with Gasteiger partial charge in [-0.2, -0.15) is 0 Å². The number of benzene rings is 3. The summed E-state index contributed by atoms with van der Waals surface area (Å²) in [7, 11) is -4.33. The lowest BCUT2D eigenvalue weighted by atomic mass is 9.81. The number of halogens is 1. The maximum Gasteiger partial charge on any atom is 0.314 e. The molecular formula is C26H22FNO5S. The van der Waals surface area contributed by atoms with Crippen molar-refractivity contribution in [1.82, 2.24) is 4.31 Å². The van der Waals surface area contributed by atoms with Gasteiger partial charge in [-0.1, -0.05) is 60.7 Å². The molecule has 4 rings (SSSR count). The van der Waals surface area contributed by atoms with Crippen molar-refractivity contribution < 1.29 is 27.1 Å². The van der Waals surface area contributed by atoms with Gasteiger partial charge in [-0.25, -0.2) is 17.1 Å². The van der Waals surface area contributed by atoms with Crippen LogP contribution in [-0.4, -0.2) is 31.2 Å². The Morgan fingerprint density at radius 2 is 1.53 bits per heavy atom. The highest BCUT2D eigenvalue weighted by Crippen LogP contribution is 2.41. The molecule has 3 aromatic rings. The van der Waals surface area contributed by atoms with E-state index in [2.05, 4.69) is 0 Å². The first-order valence-corrected chi connectivity index (χ1v) is 12.1. The van der Waals surface area contributed by atoms with E-state index in [1.165, 1.54) is 30.3 Å². The molecule has 34 heavy (non-hydrogen) atoms. The maximum atomic E-state index is 13.9. The van der Waals surface area contributed by atoms with Crippen LogP contribution >= 0.6 is 0 Å². The third-order valence-electron chi connectivity index (χ3n) is 5.52. The molecule has 3 aromatic carbocycles. The molecule has 1 aliphatic heterocycles. The van der Waals surface area contributed by atoms with E-state index < -0.39 is 39.6 Å². The molecule has 0 saturated carbocycles. The first kappa shape index (κ1) is 23.4. The monoisotopic (exact) mass is 479 g/mol. The Bertz CT molecular complexity index is 1320. The van der Waals surface area contributed by atoms with E-state index in [0.717, 1.165) is 16.4 Å². The molecule has 1 amide bonds. The predicted molar refractivity (Wildman–Crippen MR) is 124 cm³/mol. The van der Waals surface area contributed by atoms with Crippen molar-refractivity contribution in [1.29, 1.82) is 0 Å². The fourth-order valence-electron chi connectivity index (χ4n) is 3.96. The van der Waals surface area contributed by atoms with Crippen molar-refractivity contribution in [3.05, 3.63) is 108 Å². The average Bonchev–Trinajstić information content (AvgIpc) is 2.85. The highest BCUT2D eigenvalue weighted by atomic mass is 32.2. The summed E-state index contributed by atoms with van der Waals surface area (Å²) in [5.74, 6) is -4.33. The number of carbonyl (C=O) groups excluding carboxylic acids is 2. The Balaban J connectivity index is 1.96. The summed E-state index contributed by atoms with van der Waals surface area (Å²) in [6.07, 6.45) is 1.45. The first-order chi connectivity index (χ1) is 16.3. The third-order valence-corrected chi connectivity index (χ3v) is 7.25. The second-order valence-corrected chi connectivity index (χ2v) is 9.43. The van der Waals surface area contributed by atoms with E-state index in [1.807, 2.05) is 0 Å². The number of nitrogens with zero attached hydrogens (tertiary/aromatic N) is 1. The smallest absolute Gasteiger partial charge is 0.314 e. The van der Waals surface area contributed by atoms with Crippen molar-refractivity contribution >= 4 is 27.6 Å². The number of esters is 1. The topological polar surface area (TPSA) is 80.8 Å². The third kappa shape index (κ3) is 4.36. The van der Waals surface area contributed by atoms with Crippen LogP contribution in [0.2, 0.25) is 0 Å². The summed E-state index contributed by atoms with van der Waals surface area (Å²) in [6.45, 7) is 1.73. The number of amides is 1. The van der Waals surface area contributed by atoms with E-state index >= 15 is 0 Å². The van der Waals surface area contributed by atoms with Crippen LogP contribution in [-0.2, 0) is 24.3 Å². The Hall–Kier alpha value is -3.78. The van der Waals surface area contributed by atoms with Crippen molar-refractivity contribution in [2.75, 3.05) is 6.61 Å². The molecule has 0 saturated heterocycles. The van der Waals surface area contributed by atoms with Crippen molar-refractivity contribution in [2.24, 2.45) is 5.92 Å². The van der Waals surface area contributed by atoms with Gasteiger partial charge in [0, 0.05) is 0 Å². The largest absolute Gasteiger partial charge is 0.466 e. The van der Waals surface area contributed by atoms with Gasteiger partial charge in [0.05, 0.1) is 29.0 Å². The van der Waals surface area contributed by atoms with Crippen LogP contribution in [0.25, 0.3) is 5.70 Å². The number of hydrogen-bond donors (Lipinski definition) is 0. The van der Waals surface area contributed by atoms with E-state index in [-0.39, 0.29) is 17.2 Å². The Kier molecular flexibility index (Phi) is 6.61. The lowest BCUT2D eigenvalue weighted by Crippen LogP contribution is -2.45. The van der Waals surface area contributed by atoms with Crippen molar-refractivity contribution in [3.63, 3.8) is 0 Å². The predicted octanol–water partition coefficient (Wildman–Crippen LogP) is 4.36. The summed E-state index contributed by atoms with van der Waals surface area (Å²) in [6, 6.07) is 21.2. The summed E-state index contributed by atoms with van der Waals surface area (Å²) >= 11 is 0. The number of hydrogen-bond acceptors (Lipinski definition) is 5. The fraction of sp³-hybridized carbons (Fsp3) is 0.154. The van der Waals surface area contributed by atoms with Crippen LogP contribution in [0.15, 0.2) is 95.9 Å². The van der Waals surface area contributed by atoms with Crippen LogP contribution in [0.1, 0.15) is 24.0 Å². The highest BCUT2D eigenvalue weighted by molar-refractivity contribution is 7.90. The molecule has 0 spiro atoms. The summed E-state index contributed by atoms with van der Waals surface area (Å²) in [4.78, 5) is 26.8. The lowest BCUT2D eigenvalue weighted by Gasteiger charge is -2.36. The van der Waals surface area contributed by atoms with Gasteiger partial charge in [0.2, 0.25) is 5.91 Å². The Labute approximate surface area is 197 Å². The summed E-state index contributed by atoms with van der Waals surface area (Å²) in [5.41, 5.74) is 0.814. The fourth-order valence-corrected chi connectivity index (χ4v) is 5.45. The number of ether oxygens (including phenoxy) is 1. The van der Waals surface area contributed by atoms with Gasteiger partial charge in [-0.05, 0) is 48.4 Å². The average molecular weight is 480 g/mol. The zero-order valence-corrected chi connectivity index (χ0v) is 19.1.